The Balaban J connectivity index is 1.74. The zero-order valence-corrected chi connectivity index (χ0v) is 18.7. The molecule has 1 aliphatic rings. The molecule has 32 heavy (non-hydrogen) atoms. The molecular weight excluding hydrogens is 447 g/mol. The zero-order chi connectivity index (χ0) is 23.8. The van der Waals surface area contributed by atoms with Gasteiger partial charge in [0, 0.05) is 6.42 Å². The SMILES string of the molecule is CC(C)(C)OC(=O)C(OCC1CC(O)C(n2cnc3c(N)nc(CN)nc32)O1)P(=O)(O)O. The van der Waals surface area contributed by atoms with Crippen LogP contribution in [-0.2, 0) is 30.1 Å². The van der Waals surface area contributed by atoms with Crippen LogP contribution in [0.1, 0.15) is 39.2 Å². The molecule has 14 nitrogen and oxygen atoms in total. The van der Waals surface area contributed by atoms with Gasteiger partial charge in [0.15, 0.2) is 17.7 Å². The fraction of sp³-hybridized carbons (Fsp3) is 0.647. The number of nitrogens with two attached hydrogens (primary N) is 2. The first-order valence-electron chi connectivity index (χ1n) is 9.72. The summed E-state index contributed by atoms with van der Waals surface area (Å²) < 4.78 is 29.2. The molecule has 4 atom stereocenters. The Kier molecular flexibility index (Phi) is 6.86. The molecule has 0 spiro atoms. The Hall–Kier alpha value is -2.19. The highest BCUT2D eigenvalue weighted by molar-refractivity contribution is 7.53. The van der Waals surface area contributed by atoms with Gasteiger partial charge in [-0.1, -0.05) is 0 Å². The molecule has 2 aromatic rings. The van der Waals surface area contributed by atoms with Crippen molar-refractivity contribution in [1.29, 1.82) is 0 Å². The molecule has 0 saturated carbocycles. The number of esters is 1. The normalized spacial score (nSPS) is 22.9. The van der Waals surface area contributed by atoms with Gasteiger partial charge < -0.3 is 40.6 Å². The van der Waals surface area contributed by atoms with Crippen LogP contribution in [-0.4, -0.2) is 70.6 Å². The third kappa shape index (κ3) is 5.41. The van der Waals surface area contributed by atoms with Crippen LogP contribution in [0, 0.1) is 0 Å². The fourth-order valence-electron chi connectivity index (χ4n) is 3.20. The topological polar surface area (TPSA) is 218 Å². The number of nitrogen functional groups attached to an aromatic ring is 1. The lowest BCUT2D eigenvalue weighted by Gasteiger charge is -2.25. The number of aliphatic hydroxyl groups is 1. The predicted molar refractivity (Wildman–Crippen MR) is 110 cm³/mol. The Morgan fingerprint density at radius 2 is 2.09 bits per heavy atom. The van der Waals surface area contributed by atoms with E-state index in [1.54, 1.807) is 20.8 Å². The maximum Gasteiger partial charge on any atom is 0.365 e. The lowest BCUT2D eigenvalue weighted by Crippen LogP contribution is -2.35. The number of rotatable bonds is 7. The van der Waals surface area contributed by atoms with Gasteiger partial charge in [0.1, 0.15) is 23.0 Å². The first-order chi connectivity index (χ1) is 14.8. The second-order valence-corrected chi connectivity index (χ2v) is 9.96. The van der Waals surface area contributed by atoms with Crippen LogP contribution in [0.4, 0.5) is 5.82 Å². The highest BCUT2D eigenvalue weighted by Gasteiger charge is 2.42. The van der Waals surface area contributed by atoms with Crippen molar-refractivity contribution in [1.82, 2.24) is 19.5 Å². The first-order valence-corrected chi connectivity index (χ1v) is 11.4. The van der Waals surface area contributed by atoms with Gasteiger partial charge in [-0.25, -0.2) is 19.7 Å². The molecule has 0 aliphatic carbocycles. The molecule has 1 saturated heterocycles. The molecule has 15 heteroatoms. The number of ether oxygens (including phenoxy) is 3. The molecule has 7 N–H and O–H groups in total. The Morgan fingerprint density at radius 3 is 2.69 bits per heavy atom. The van der Waals surface area contributed by atoms with E-state index in [2.05, 4.69) is 15.0 Å². The minimum atomic E-state index is -4.97. The predicted octanol–water partition coefficient (Wildman–Crippen LogP) is -0.622. The summed E-state index contributed by atoms with van der Waals surface area (Å²) in [4.78, 5) is 43.7. The number of carbonyl (C=O) groups is 1. The number of anilines is 1. The quantitative estimate of drug-likeness (QED) is 0.250. The summed E-state index contributed by atoms with van der Waals surface area (Å²) in [6.45, 7) is 4.35. The smallest absolute Gasteiger partial charge is 0.365 e. The summed E-state index contributed by atoms with van der Waals surface area (Å²) in [6, 6.07) is 0. The standard InChI is InChI=1S/C17H27N6O8P/c1-17(2,3)31-15(25)16(32(26,27)28)29-6-8-4-9(24)14(30-8)23-7-20-11-12(19)21-10(5-18)22-13(11)23/h7-9,14,16,24H,4-6,18H2,1-3H3,(H2,19,21,22)(H2,26,27,28). The summed E-state index contributed by atoms with van der Waals surface area (Å²) in [5.74, 6) is -2.90. The molecule has 1 aliphatic heterocycles. The molecule has 4 unspecified atom stereocenters. The molecule has 0 bridgehead atoms. The summed E-state index contributed by atoms with van der Waals surface area (Å²) in [7, 11) is -4.97. The van der Waals surface area contributed by atoms with Crippen molar-refractivity contribution in [3.63, 3.8) is 0 Å². The highest BCUT2D eigenvalue weighted by atomic mass is 31.2. The average molecular weight is 474 g/mol. The number of aliphatic hydroxyl groups excluding tert-OH is 1. The van der Waals surface area contributed by atoms with Crippen LogP contribution in [0.5, 0.6) is 0 Å². The number of imidazole rings is 1. The van der Waals surface area contributed by atoms with Gasteiger partial charge in [0.2, 0.25) is 0 Å². The summed E-state index contributed by atoms with van der Waals surface area (Å²) in [5, 5.41) is 10.5. The van der Waals surface area contributed by atoms with Crippen molar-refractivity contribution in [3.8, 4) is 0 Å². The largest absolute Gasteiger partial charge is 0.458 e. The maximum atomic E-state index is 12.2. The van der Waals surface area contributed by atoms with Crippen LogP contribution in [0.2, 0.25) is 0 Å². The lowest BCUT2D eigenvalue weighted by atomic mass is 10.2. The van der Waals surface area contributed by atoms with Crippen molar-refractivity contribution in [2.75, 3.05) is 12.3 Å². The van der Waals surface area contributed by atoms with Gasteiger partial charge in [-0.05, 0) is 20.8 Å². The van der Waals surface area contributed by atoms with E-state index in [-0.39, 0.29) is 31.2 Å². The van der Waals surface area contributed by atoms with Gasteiger partial charge >= 0.3 is 13.6 Å². The van der Waals surface area contributed by atoms with Gasteiger partial charge in [0.05, 0.1) is 25.6 Å². The monoisotopic (exact) mass is 474 g/mol. The van der Waals surface area contributed by atoms with Crippen LogP contribution >= 0.6 is 7.60 Å². The number of fused-ring (bicyclic) bond motifs is 1. The Morgan fingerprint density at radius 1 is 1.41 bits per heavy atom. The third-order valence-corrected chi connectivity index (χ3v) is 5.44. The number of aromatic nitrogens is 4. The average Bonchev–Trinajstić information content (AvgIpc) is 3.22. The Bertz CT molecular complexity index is 1030. The van der Waals surface area contributed by atoms with E-state index in [4.69, 9.17) is 25.7 Å². The zero-order valence-electron chi connectivity index (χ0n) is 17.8. The minimum absolute atomic E-state index is 0.0459. The summed E-state index contributed by atoms with van der Waals surface area (Å²) >= 11 is 0. The molecule has 1 fully saturated rings. The fourth-order valence-corrected chi connectivity index (χ4v) is 3.81. The molecule has 3 rings (SSSR count). The van der Waals surface area contributed by atoms with Crippen molar-refractivity contribution in [3.05, 3.63) is 12.2 Å². The number of nitrogens with zero attached hydrogens (tertiary/aromatic N) is 4. The van der Waals surface area contributed by atoms with Gasteiger partial charge in [-0.15, -0.1) is 0 Å². The van der Waals surface area contributed by atoms with Gasteiger partial charge in [-0.3, -0.25) is 9.13 Å². The van der Waals surface area contributed by atoms with E-state index in [0.29, 0.717) is 11.2 Å². The third-order valence-electron chi connectivity index (χ3n) is 4.47. The van der Waals surface area contributed by atoms with E-state index in [1.807, 2.05) is 0 Å². The minimum Gasteiger partial charge on any atom is -0.458 e. The van der Waals surface area contributed by atoms with Gasteiger partial charge in [-0.2, -0.15) is 0 Å². The molecule has 178 valence electrons. The van der Waals surface area contributed by atoms with Crippen LogP contribution in [0.3, 0.4) is 0 Å². The second kappa shape index (κ2) is 8.98. The molecule has 0 amide bonds. The van der Waals surface area contributed by atoms with E-state index in [0.717, 1.165) is 0 Å². The van der Waals surface area contributed by atoms with Crippen LogP contribution in [0.25, 0.3) is 11.2 Å². The maximum absolute atomic E-state index is 12.2. The molecule has 2 aromatic heterocycles. The van der Waals surface area contributed by atoms with E-state index in [9.17, 15) is 24.3 Å². The number of hydrogen-bond donors (Lipinski definition) is 5. The van der Waals surface area contributed by atoms with Crippen molar-refractivity contribution in [2.24, 2.45) is 5.73 Å². The van der Waals surface area contributed by atoms with E-state index in [1.165, 1.54) is 10.9 Å². The summed E-state index contributed by atoms with van der Waals surface area (Å²) in [6.07, 6.45) is -1.28. The Labute approximate surface area is 183 Å². The van der Waals surface area contributed by atoms with Crippen molar-refractivity contribution < 1.29 is 38.5 Å². The van der Waals surface area contributed by atoms with E-state index < -0.39 is 43.4 Å². The van der Waals surface area contributed by atoms with Crippen LogP contribution in [0.15, 0.2) is 6.33 Å². The molecular formula is C17H27N6O8P. The summed E-state index contributed by atoms with van der Waals surface area (Å²) in [5.41, 5.74) is 11.1. The second-order valence-electron chi connectivity index (χ2n) is 8.31. The van der Waals surface area contributed by atoms with Crippen molar-refractivity contribution in [2.45, 2.75) is 63.6 Å². The molecule has 3 heterocycles. The van der Waals surface area contributed by atoms with E-state index >= 15 is 0 Å². The first kappa shape index (κ1) is 24.5. The highest BCUT2D eigenvalue weighted by Crippen LogP contribution is 2.43. The number of carbonyl (C=O) groups excluding carboxylic acids is 1. The lowest BCUT2D eigenvalue weighted by molar-refractivity contribution is -0.166. The van der Waals surface area contributed by atoms with Crippen molar-refractivity contribution >= 4 is 30.5 Å². The van der Waals surface area contributed by atoms with Crippen LogP contribution < -0.4 is 11.5 Å². The van der Waals surface area contributed by atoms with Gasteiger partial charge in [0.25, 0.3) is 5.85 Å². The molecule has 0 aromatic carbocycles. The molecule has 0 radical (unpaired) electrons. The number of hydrogen-bond acceptors (Lipinski definition) is 11.